The highest BCUT2D eigenvalue weighted by Crippen LogP contribution is 2.09. The fourth-order valence-electron chi connectivity index (χ4n) is 1.88. The molecule has 0 aromatic heterocycles. The number of amides is 2. The smallest absolute Gasteiger partial charge is 0.326 e. The van der Waals surface area contributed by atoms with Crippen LogP contribution in [-0.4, -0.2) is 51.9 Å². The molecule has 0 fully saturated rings. The molecule has 1 atom stereocenters. The average Bonchev–Trinajstić information content (AvgIpc) is 2.63. The van der Waals surface area contributed by atoms with Crippen LogP contribution in [0, 0.1) is 6.92 Å². The molecule has 0 spiro atoms. The first-order chi connectivity index (χ1) is 12.7. The van der Waals surface area contributed by atoms with E-state index in [1.807, 2.05) is 13.8 Å². The van der Waals surface area contributed by atoms with E-state index in [1.54, 1.807) is 12.1 Å². The molecule has 0 saturated heterocycles. The van der Waals surface area contributed by atoms with Crippen LogP contribution >= 0.6 is 0 Å². The quantitative estimate of drug-likeness (QED) is 0.469. The van der Waals surface area contributed by atoms with Crippen LogP contribution in [0.5, 0.6) is 0 Å². The molecular formula is C17H25N3O6S. The summed E-state index contributed by atoms with van der Waals surface area (Å²) in [4.78, 5) is 35.0. The summed E-state index contributed by atoms with van der Waals surface area (Å²) in [5.41, 5.74) is 0.905. The van der Waals surface area contributed by atoms with Crippen LogP contribution in [0.1, 0.15) is 25.8 Å². The monoisotopic (exact) mass is 399 g/mol. The van der Waals surface area contributed by atoms with Gasteiger partial charge in [0.15, 0.2) is 6.10 Å². The number of aryl methyl sites for hydroxylation is 1. The fourth-order valence-corrected chi connectivity index (χ4v) is 2.86. The lowest BCUT2D eigenvalue weighted by molar-refractivity contribution is -0.154. The highest BCUT2D eigenvalue weighted by molar-refractivity contribution is 7.89. The summed E-state index contributed by atoms with van der Waals surface area (Å²) >= 11 is 0. The third kappa shape index (κ3) is 8.18. The van der Waals surface area contributed by atoms with Crippen LogP contribution in [-0.2, 0) is 29.1 Å². The molecular weight excluding hydrogens is 374 g/mol. The molecule has 1 aromatic rings. The van der Waals surface area contributed by atoms with Crippen molar-refractivity contribution in [2.24, 2.45) is 0 Å². The number of hydrogen-bond donors (Lipinski definition) is 3. The minimum Gasteiger partial charge on any atom is -0.451 e. The van der Waals surface area contributed by atoms with Crippen molar-refractivity contribution in [2.75, 3.05) is 19.6 Å². The summed E-state index contributed by atoms with van der Waals surface area (Å²) in [6, 6.07) is 6.14. The van der Waals surface area contributed by atoms with Gasteiger partial charge in [-0.1, -0.05) is 24.6 Å². The van der Waals surface area contributed by atoms with E-state index in [2.05, 4.69) is 15.4 Å². The van der Waals surface area contributed by atoms with Crippen LogP contribution in [0.15, 0.2) is 29.2 Å². The maximum atomic E-state index is 12.1. The SMILES string of the molecule is CCCNC(=O)[C@H](C)OC(=O)CNC(=O)CNS(=O)(=O)c1ccc(C)cc1. The molecule has 0 aliphatic carbocycles. The molecule has 150 valence electrons. The predicted octanol–water partition coefficient (Wildman–Crippen LogP) is -0.153. The van der Waals surface area contributed by atoms with Gasteiger partial charge in [0.05, 0.1) is 11.4 Å². The Morgan fingerprint density at radius 3 is 2.30 bits per heavy atom. The van der Waals surface area contributed by atoms with Gasteiger partial charge in [0.25, 0.3) is 5.91 Å². The number of carbonyl (C=O) groups excluding carboxylic acids is 3. The van der Waals surface area contributed by atoms with Gasteiger partial charge in [0, 0.05) is 6.54 Å². The molecule has 10 heteroatoms. The molecule has 1 aromatic carbocycles. The van der Waals surface area contributed by atoms with Crippen LogP contribution in [0.25, 0.3) is 0 Å². The Hall–Kier alpha value is -2.46. The molecule has 1 rings (SSSR count). The molecule has 0 heterocycles. The lowest BCUT2D eigenvalue weighted by atomic mass is 10.2. The molecule has 0 bridgehead atoms. The van der Waals surface area contributed by atoms with E-state index in [4.69, 9.17) is 4.74 Å². The largest absolute Gasteiger partial charge is 0.451 e. The Balaban J connectivity index is 2.39. The van der Waals surface area contributed by atoms with Gasteiger partial charge in [-0.25, -0.2) is 13.1 Å². The highest BCUT2D eigenvalue weighted by atomic mass is 32.2. The third-order valence-electron chi connectivity index (χ3n) is 3.41. The summed E-state index contributed by atoms with van der Waals surface area (Å²) in [7, 11) is -3.83. The van der Waals surface area contributed by atoms with Crippen molar-refractivity contribution in [1.29, 1.82) is 0 Å². The van der Waals surface area contributed by atoms with Crippen molar-refractivity contribution >= 4 is 27.8 Å². The van der Waals surface area contributed by atoms with Crippen molar-refractivity contribution in [3.8, 4) is 0 Å². The zero-order valence-electron chi connectivity index (χ0n) is 15.6. The van der Waals surface area contributed by atoms with Gasteiger partial charge < -0.3 is 15.4 Å². The third-order valence-corrected chi connectivity index (χ3v) is 4.83. The molecule has 3 N–H and O–H groups in total. The number of benzene rings is 1. The fraction of sp³-hybridized carbons (Fsp3) is 0.471. The second kappa shape index (κ2) is 10.6. The Kier molecular flexibility index (Phi) is 8.89. The van der Waals surface area contributed by atoms with Gasteiger partial charge in [-0.15, -0.1) is 0 Å². The molecule has 0 radical (unpaired) electrons. The first-order valence-corrected chi connectivity index (χ1v) is 9.94. The van der Waals surface area contributed by atoms with Gasteiger partial charge in [0.2, 0.25) is 15.9 Å². The van der Waals surface area contributed by atoms with Gasteiger partial charge in [-0.05, 0) is 32.4 Å². The topological polar surface area (TPSA) is 131 Å². The first kappa shape index (κ1) is 22.6. The number of nitrogens with one attached hydrogen (secondary N) is 3. The van der Waals surface area contributed by atoms with Crippen molar-refractivity contribution in [1.82, 2.24) is 15.4 Å². The van der Waals surface area contributed by atoms with E-state index in [1.165, 1.54) is 19.1 Å². The van der Waals surface area contributed by atoms with E-state index in [0.29, 0.717) is 6.54 Å². The molecule has 0 saturated carbocycles. The lowest BCUT2D eigenvalue weighted by Crippen LogP contribution is -2.41. The number of esters is 1. The van der Waals surface area contributed by atoms with Gasteiger partial charge >= 0.3 is 5.97 Å². The zero-order valence-corrected chi connectivity index (χ0v) is 16.4. The number of rotatable bonds is 10. The molecule has 9 nitrogen and oxygen atoms in total. The number of ether oxygens (including phenoxy) is 1. The molecule has 0 unspecified atom stereocenters. The lowest BCUT2D eigenvalue weighted by Gasteiger charge is -2.13. The van der Waals surface area contributed by atoms with Crippen LogP contribution in [0.3, 0.4) is 0 Å². The number of hydrogen-bond acceptors (Lipinski definition) is 6. The predicted molar refractivity (Wildman–Crippen MR) is 98.2 cm³/mol. The average molecular weight is 399 g/mol. The van der Waals surface area contributed by atoms with E-state index in [-0.39, 0.29) is 4.90 Å². The Morgan fingerprint density at radius 1 is 1.07 bits per heavy atom. The van der Waals surface area contributed by atoms with Gasteiger partial charge in [0.1, 0.15) is 6.54 Å². The minimum absolute atomic E-state index is 0.0345. The normalized spacial score (nSPS) is 12.1. The van der Waals surface area contributed by atoms with Crippen molar-refractivity contribution in [3.05, 3.63) is 29.8 Å². The first-order valence-electron chi connectivity index (χ1n) is 8.46. The summed E-state index contributed by atoms with van der Waals surface area (Å²) in [6.45, 7) is 4.59. The zero-order chi connectivity index (χ0) is 20.4. The summed E-state index contributed by atoms with van der Waals surface area (Å²) in [5.74, 6) is -1.93. The van der Waals surface area contributed by atoms with Crippen LogP contribution in [0.2, 0.25) is 0 Å². The Bertz CT molecular complexity index is 761. The van der Waals surface area contributed by atoms with Gasteiger partial charge in [-0.3, -0.25) is 14.4 Å². The molecule has 27 heavy (non-hydrogen) atoms. The van der Waals surface area contributed by atoms with Crippen molar-refractivity contribution < 1.29 is 27.5 Å². The highest BCUT2D eigenvalue weighted by Gasteiger charge is 2.18. The maximum Gasteiger partial charge on any atom is 0.326 e. The van der Waals surface area contributed by atoms with Crippen LogP contribution in [0.4, 0.5) is 0 Å². The second-order valence-electron chi connectivity index (χ2n) is 5.84. The number of sulfonamides is 1. The standard InChI is InChI=1S/C17H25N3O6S/c1-4-9-18-17(23)13(3)26-16(22)11-19-15(21)10-20-27(24,25)14-7-5-12(2)6-8-14/h5-8,13,20H,4,9-11H2,1-3H3,(H,18,23)(H,19,21)/t13-/m0/s1. The molecule has 0 aliphatic rings. The van der Waals surface area contributed by atoms with Crippen molar-refractivity contribution in [2.45, 2.75) is 38.2 Å². The van der Waals surface area contributed by atoms with E-state index in [0.717, 1.165) is 12.0 Å². The van der Waals surface area contributed by atoms with Gasteiger partial charge in [-0.2, -0.15) is 0 Å². The number of carbonyl (C=O) groups is 3. The van der Waals surface area contributed by atoms with Crippen LogP contribution < -0.4 is 15.4 Å². The Labute approximate surface area is 158 Å². The second-order valence-corrected chi connectivity index (χ2v) is 7.60. The van der Waals surface area contributed by atoms with E-state index >= 15 is 0 Å². The van der Waals surface area contributed by atoms with E-state index in [9.17, 15) is 22.8 Å². The summed E-state index contributed by atoms with van der Waals surface area (Å²) in [5, 5.41) is 4.81. The van der Waals surface area contributed by atoms with Crippen molar-refractivity contribution in [3.63, 3.8) is 0 Å². The maximum absolute atomic E-state index is 12.1. The summed E-state index contributed by atoms with van der Waals surface area (Å²) in [6.07, 6.45) is -0.234. The molecule has 0 aliphatic heterocycles. The summed E-state index contributed by atoms with van der Waals surface area (Å²) < 4.78 is 31.2. The Morgan fingerprint density at radius 2 is 1.70 bits per heavy atom. The van der Waals surface area contributed by atoms with E-state index < -0.39 is 47.0 Å². The molecule has 2 amide bonds. The minimum atomic E-state index is -3.83.